The fourth-order valence-electron chi connectivity index (χ4n) is 4.29. The maximum Gasteiger partial charge on any atom is 0.289 e. The lowest BCUT2D eigenvalue weighted by Crippen LogP contribution is -2.56. The lowest BCUT2D eigenvalue weighted by atomic mass is 10.0. The van der Waals surface area contributed by atoms with Crippen molar-refractivity contribution in [2.75, 3.05) is 26.9 Å². The number of fused-ring (bicyclic) bond motifs is 1. The molecule has 0 aliphatic carbocycles. The van der Waals surface area contributed by atoms with Crippen molar-refractivity contribution in [1.29, 1.82) is 0 Å². The molecule has 2 aliphatic heterocycles. The van der Waals surface area contributed by atoms with E-state index in [1.807, 2.05) is 65.1 Å². The van der Waals surface area contributed by atoms with Crippen LogP contribution in [0.2, 0.25) is 5.02 Å². The summed E-state index contributed by atoms with van der Waals surface area (Å²) >= 11 is 6.05. The summed E-state index contributed by atoms with van der Waals surface area (Å²) in [4.78, 5) is 19.6. The van der Waals surface area contributed by atoms with Gasteiger partial charge in [0, 0.05) is 11.2 Å². The topological polar surface area (TPSA) is 65.8 Å². The van der Waals surface area contributed by atoms with E-state index >= 15 is 0 Å². The molecule has 2 aliphatic rings. The second-order valence-corrected chi connectivity index (χ2v) is 8.58. The van der Waals surface area contributed by atoms with Crippen molar-refractivity contribution in [1.82, 2.24) is 14.5 Å². The molecule has 3 aromatic rings. The Morgan fingerprint density at radius 2 is 1.97 bits per heavy atom. The number of aryl methyl sites for hydroxylation is 1. The van der Waals surface area contributed by atoms with E-state index in [1.165, 1.54) is 0 Å². The molecule has 0 spiro atoms. The van der Waals surface area contributed by atoms with Gasteiger partial charge >= 0.3 is 0 Å². The summed E-state index contributed by atoms with van der Waals surface area (Å²) in [6.07, 6.45) is 5.44. The van der Waals surface area contributed by atoms with Gasteiger partial charge in [-0.1, -0.05) is 29.8 Å². The summed E-state index contributed by atoms with van der Waals surface area (Å²) in [5, 5.41) is 0.657. The molecular weight excluding hydrogens is 442 g/mol. The highest BCUT2D eigenvalue weighted by Crippen LogP contribution is 2.34. The summed E-state index contributed by atoms with van der Waals surface area (Å²) in [6.45, 7) is 3.20. The number of amides is 1. The number of ether oxygens (including phenoxy) is 3. The summed E-state index contributed by atoms with van der Waals surface area (Å²) in [7, 11) is 1.62. The van der Waals surface area contributed by atoms with Gasteiger partial charge in [0.05, 0.1) is 50.1 Å². The van der Waals surface area contributed by atoms with E-state index in [2.05, 4.69) is 4.98 Å². The van der Waals surface area contributed by atoms with Crippen molar-refractivity contribution in [3.63, 3.8) is 0 Å². The predicted octanol–water partition coefficient (Wildman–Crippen LogP) is 4.18. The first-order valence-corrected chi connectivity index (χ1v) is 11.1. The predicted molar refractivity (Wildman–Crippen MR) is 124 cm³/mol. The van der Waals surface area contributed by atoms with Crippen molar-refractivity contribution in [2.45, 2.75) is 19.0 Å². The SMILES string of the molecule is COc1cc(/C=C2\OCC3COCC(c4ccc(Cl)cc4)N3C2=O)ccc1-n1cnc(C)c1. The van der Waals surface area contributed by atoms with Gasteiger partial charge in [0.15, 0.2) is 5.76 Å². The highest BCUT2D eigenvalue weighted by Gasteiger charge is 2.41. The molecule has 7 nitrogen and oxygen atoms in total. The fourth-order valence-corrected chi connectivity index (χ4v) is 4.41. The minimum Gasteiger partial charge on any atom is -0.495 e. The van der Waals surface area contributed by atoms with Crippen LogP contribution in [-0.4, -0.2) is 53.3 Å². The molecule has 0 bridgehead atoms. The van der Waals surface area contributed by atoms with Crippen LogP contribution in [0, 0.1) is 6.92 Å². The Morgan fingerprint density at radius 3 is 2.70 bits per heavy atom. The Hall–Kier alpha value is -3.29. The molecule has 2 unspecified atom stereocenters. The van der Waals surface area contributed by atoms with Crippen LogP contribution in [0.1, 0.15) is 22.9 Å². The number of carbonyl (C=O) groups excluding carboxylic acids is 1. The summed E-state index contributed by atoms with van der Waals surface area (Å²) < 4.78 is 19.1. The first-order chi connectivity index (χ1) is 16.0. The van der Waals surface area contributed by atoms with Gasteiger partial charge in [0.2, 0.25) is 0 Å². The van der Waals surface area contributed by atoms with Gasteiger partial charge in [-0.3, -0.25) is 4.79 Å². The molecule has 0 radical (unpaired) electrons. The van der Waals surface area contributed by atoms with Crippen molar-refractivity contribution >= 4 is 23.6 Å². The van der Waals surface area contributed by atoms with Crippen LogP contribution >= 0.6 is 11.6 Å². The molecule has 2 fully saturated rings. The standard InChI is InChI=1S/C25H24ClN3O4/c1-16-11-28(15-27-16)21-8-3-17(9-23(21)31-2)10-24-25(30)29-20(13-33-24)12-32-14-22(29)18-4-6-19(26)7-5-18/h3-11,15,20,22H,12-14H2,1-2H3/b24-10-. The van der Waals surface area contributed by atoms with Gasteiger partial charge in [0.1, 0.15) is 12.4 Å². The van der Waals surface area contributed by atoms with Gasteiger partial charge in [-0.2, -0.15) is 0 Å². The van der Waals surface area contributed by atoms with Crippen LogP contribution in [0.5, 0.6) is 5.75 Å². The number of benzene rings is 2. The molecule has 2 atom stereocenters. The Morgan fingerprint density at radius 1 is 1.15 bits per heavy atom. The zero-order chi connectivity index (χ0) is 22.9. The zero-order valence-corrected chi connectivity index (χ0v) is 19.2. The molecule has 2 aromatic carbocycles. The molecule has 5 rings (SSSR count). The van der Waals surface area contributed by atoms with E-state index in [1.54, 1.807) is 19.5 Å². The van der Waals surface area contributed by atoms with Crippen molar-refractivity contribution in [2.24, 2.45) is 0 Å². The lowest BCUT2D eigenvalue weighted by Gasteiger charge is -2.45. The van der Waals surface area contributed by atoms with E-state index in [-0.39, 0.29) is 18.0 Å². The van der Waals surface area contributed by atoms with Crippen LogP contribution in [0.15, 0.2) is 60.7 Å². The molecule has 2 saturated heterocycles. The van der Waals surface area contributed by atoms with Gasteiger partial charge < -0.3 is 23.7 Å². The lowest BCUT2D eigenvalue weighted by molar-refractivity contribution is -0.157. The number of hydrogen-bond acceptors (Lipinski definition) is 5. The van der Waals surface area contributed by atoms with Crippen molar-refractivity contribution in [3.05, 3.63) is 82.6 Å². The second-order valence-electron chi connectivity index (χ2n) is 8.14. The third-order valence-corrected chi connectivity index (χ3v) is 6.19. The maximum absolute atomic E-state index is 13.5. The van der Waals surface area contributed by atoms with E-state index in [0.29, 0.717) is 36.4 Å². The highest BCUT2D eigenvalue weighted by atomic mass is 35.5. The van der Waals surface area contributed by atoms with Crippen LogP contribution < -0.4 is 4.74 Å². The normalized spacial score (nSPS) is 21.6. The number of aromatic nitrogens is 2. The highest BCUT2D eigenvalue weighted by molar-refractivity contribution is 6.30. The minimum atomic E-state index is -0.192. The molecule has 3 heterocycles. The number of methoxy groups -OCH3 is 1. The Bertz CT molecular complexity index is 1200. The number of carbonyl (C=O) groups is 1. The van der Waals surface area contributed by atoms with E-state index in [9.17, 15) is 4.79 Å². The second kappa shape index (κ2) is 8.92. The minimum absolute atomic E-state index is 0.134. The summed E-state index contributed by atoms with van der Waals surface area (Å²) in [5.74, 6) is 0.830. The fraction of sp³-hybridized carbons (Fsp3) is 0.280. The van der Waals surface area contributed by atoms with Gasteiger partial charge in [-0.15, -0.1) is 0 Å². The average Bonchev–Trinajstić information content (AvgIpc) is 3.27. The van der Waals surface area contributed by atoms with Crippen molar-refractivity contribution in [3.8, 4) is 11.4 Å². The van der Waals surface area contributed by atoms with Crippen molar-refractivity contribution < 1.29 is 19.0 Å². The molecular formula is C25H24ClN3O4. The zero-order valence-electron chi connectivity index (χ0n) is 18.4. The van der Waals surface area contributed by atoms with Gasteiger partial charge in [-0.25, -0.2) is 4.98 Å². The number of morpholine rings is 2. The third kappa shape index (κ3) is 4.21. The molecule has 170 valence electrons. The van der Waals surface area contributed by atoms with Crippen LogP contribution in [0.4, 0.5) is 0 Å². The number of hydrogen-bond donors (Lipinski definition) is 0. The van der Waals surface area contributed by atoms with Gasteiger partial charge in [0.25, 0.3) is 5.91 Å². The number of nitrogens with zero attached hydrogens (tertiary/aromatic N) is 3. The quantitative estimate of drug-likeness (QED) is 0.541. The van der Waals surface area contributed by atoms with Crippen LogP contribution in [0.25, 0.3) is 11.8 Å². The molecule has 33 heavy (non-hydrogen) atoms. The first kappa shape index (κ1) is 21.6. The first-order valence-electron chi connectivity index (χ1n) is 10.7. The Labute approximate surface area is 197 Å². The van der Waals surface area contributed by atoms with Crippen LogP contribution in [0.3, 0.4) is 0 Å². The number of halogens is 1. The molecule has 8 heteroatoms. The summed E-state index contributed by atoms with van der Waals surface area (Å²) in [6, 6.07) is 13.0. The molecule has 1 amide bonds. The smallest absolute Gasteiger partial charge is 0.289 e. The summed E-state index contributed by atoms with van der Waals surface area (Å²) in [5.41, 5.74) is 3.58. The monoisotopic (exact) mass is 465 g/mol. The number of rotatable bonds is 4. The average molecular weight is 466 g/mol. The van der Waals surface area contributed by atoms with Crippen LogP contribution in [-0.2, 0) is 14.3 Å². The molecule has 1 aromatic heterocycles. The van der Waals surface area contributed by atoms with Gasteiger partial charge in [-0.05, 0) is 48.4 Å². The Kier molecular flexibility index (Phi) is 5.83. The molecule has 0 N–H and O–H groups in total. The molecule has 0 saturated carbocycles. The van der Waals surface area contributed by atoms with E-state index in [0.717, 1.165) is 22.5 Å². The number of imidazole rings is 1. The largest absolute Gasteiger partial charge is 0.495 e. The Balaban J connectivity index is 1.44. The third-order valence-electron chi connectivity index (χ3n) is 5.94. The van der Waals surface area contributed by atoms with E-state index < -0.39 is 0 Å². The van der Waals surface area contributed by atoms with E-state index in [4.69, 9.17) is 25.8 Å². The maximum atomic E-state index is 13.5.